The molecule has 0 radical (unpaired) electrons. The van der Waals surface area contributed by atoms with Gasteiger partial charge in [0.15, 0.2) is 0 Å². The molecule has 1 aromatic carbocycles. The molecule has 1 atom stereocenters. The van der Waals surface area contributed by atoms with E-state index in [9.17, 15) is 4.79 Å². The average molecular weight is 438 g/mol. The molecule has 29 heavy (non-hydrogen) atoms. The summed E-state index contributed by atoms with van der Waals surface area (Å²) in [6.07, 6.45) is 11.3. The second-order valence-corrected chi connectivity index (χ2v) is 10.0. The van der Waals surface area contributed by atoms with E-state index in [1.54, 1.807) is 12.0 Å². The minimum Gasteiger partial charge on any atom is -0.496 e. The normalized spacial score (nSPS) is 12.5. The van der Waals surface area contributed by atoms with Crippen molar-refractivity contribution < 1.29 is 9.53 Å². The van der Waals surface area contributed by atoms with Crippen molar-refractivity contribution in [2.24, 2.45) is 11.8 Å². The number of carbonyl (C=O) groups is 1. The van der Waals surface area contributed by atoms with E-state index in [4.69, 9.17) is 4.74 Å². The largest absolute Gasteiger partial charge is 0.496 e. The van der Waals surface area contributed by atoms with Crippen LogP contribution in [0.5, 0.6) is 5.75 Å². The predicted octanol–water partition coefficient (Wildman–Crippen LogP) is 6.17. The number of benzene rings is 1. The highest BCUT2D eigenvalue weighted by Gasteiger charge is 2.14. The van der Waals surface area contributed by atoms with Crippen molar-refractivity contribution >= 4 is 29.4 Å². The van der Waals surface area contributed by atoms with Gasteiger partial charge in [-0.25, -0.2) is 0 Å². The zero-order valence-corrected chi connectivity index (χ0v) is 20.7. The number of thioether (sulfide) groups is 2. The van der Waals surface area contributed by atoms with Crippen molar-refractivity contribution in [3.8, 4) is 5.75 Å². The monoisotopic (exact) mass is 437 g/mol. The van der Waals surface area contributed by atoms with E-state index in [2.05, 4.69) is 50.5 Å². The lowest BCUT2D eigenvalue weighted by atomic mass is 9.86. The summed E-state index contributed by atoms with van der Waals surface area (Å²) < 4.78 is 5.57. The second-order valence-electron chi connectivity index (χ2n) is 7.92. The Labute approximate surface area is 187 Å². The van der Waals surface area contributed by atoms with Gasteiger partial charge < -0.3 is 9.64 Å². The average Bonchev–Trinajstić information content (AvgIpc) is 2.69. The van der Waals surface area contributed by atoms with Crippen molar-refractivity contribution in [2.75, 3.05) is 39.0 Å². The molecule has 0 N–H and O–H groups in total. The van der Waals surface area contributed by atoms with Crippen LogP contribution < -0.4 is 4.74 Å². The zero-order chi connectivity index (χ0) is 21.6. The van der Waals surface area contributed by atoms with Crippen LogP contribution >= 0.6 is 23.5 Å². The summed E-state index contributed by atoms with van der Waals surface area (Å²) in [5.41, 5.74) is 1.38. The van der Waals surface area contributed by atoms with Gasteiger partial charge in [-0.15, -0.1) is 11.8 Å². The molecule has 0 aliphatic rings. The van der Waals surface area contributed by atoms with Crippen LogP contribution in [0.15, 0.2) is 35.2 Å². The van der Waals surface area contributed by atoms with Gasteiger partial charge in [0.25, 0.3) is 0 Å². The Bertz CT molecular complexity index is 629. The number of amides is 1. The topological polar surface area (TPSA) is 29.5 Å². The molecule has 0 aliphatic heterocycles. The van der Waals surface area contributed by atoms with E-state index >= 15 is 0 Å². The molecule has 0 spiro atoms. The Kier molecular flexibility index (Phi) is 13.3. The number of methoxy groups -OCH3 is 1. The SMILES string of the molecule is COc1ccc(CC(C/C=C/CCC(=O)N(C)C)C(C)C)cc1SCCCSC. The molecular weight excluding hydrogens is 398 g/mol. The van der Waals surface area contributed by atoms with E-state index in [-0.39, 0.29) is 5.91 Å². The molecule has 0 saturated carbocycles. The highest BCUT2D eigenvalue weighted by molar-refractivity contribution is 8.00. The lowest BCUT2D eigenvalue weighted by Gasteiger charge is -2.20. The minimum absolute atomic E-state index is 0.191. The van der Waals surface area contributed by atoms with Gasteiger partial charge in [-0.3, -0.25) is 4.79 Å². The lowest BCUT2D eigenvalue weighted by molar-refractivity contribution is -0.128. The highest BCUT2D eigenvalue weighted by Crippen LogP contribution is 2.32. The number of rotatable bonds is 14. The first-order valence-electron chi connectivity index (χ1n) is 10.5. The van der Waals surface area contributed by atoms with Crippen LogP contribution in [0.1, 0.15) is 45.1 Å². The quantitative estimate of drug-likeness (QED) is 0.198. The third kappa shape index (κ3) is 10.5. The zero-order valence-electron chi connectivity index (χ0n) is 19.1. The van der Waals surface area contributed by atoms with Crippen LogP contribution in [0.2, 0.25) is 0 Å². The maximum absolute atomic E-state index is 11.7. The van der Waals surface area contributed by atoms with Gasteiger partial charge in [-0.1, -0.05) is 32.1 Å². The molecular formula is C24H39NO2S2. The third-order valence-corrected chi connectivity index (χ3v) is 6.87. The van der Waals surface area contributed by atoms with Crippen LogP contribution in [-0.4, -0.2) is 49.8 Å². The number of hydrogen-bond acceptors (Lipinski definition) is 4. The summed E-state index contributed by atoms with van der Waals surface area (Å²) in [7, 11) is 5.37. The minimum atomic E-state index is 0.191. The van der Waals surface area contributed by atoms with E-state index in [1.165, 1.54) is 22.6 Å². The summed E-state index contributed by atoms with van der Waals surface area (Å²) in [5, 5.41) is 0. The van der Waals surface area contributed by atoms with Gasteiger partial charge in [0, 0.05) is 25.4 Å². The van der Waals surface area contributed by atoms with Crippen LogP contribution in [0.4, 0.5) is 0 Å². The van der Waals surface area contributed by atoms with Crippen LogP contribution in [-0.2, 0) is 11.2 Å². The second kappa shape index (κ2) is 14.8. The number of ether oxygens (including phenoxy) is 1. The lowest BCUT2D eigenvalue weighted by Crippen LogP contribution is -2.20. The number of hydrogen-bond donors (Lipinski definition) is 0. The van der Waals surface area contributed by atoms with Crippen LogP contribution in [0, 0.1) is 11.8 Å². The molecule has 5 heteroatoms. The summed E-state index contributed by atoms with van der Waals surface area (Å²) in [4.78, 5) is 14.6. The fraction of sp³-hybridized carbons (Fsp3) is 0.625. The third-order valence-electron chi connectivity index (χ3n) is 5.05. The van der Waals surface area contributed by atoms with E-state index in [1.807, 2.05) is 37.6 Å². The van der Waals surface area contributed by atoms with E-state index < -0.39 is 0 Å². The van der Waals surface area contributed by atoms with Crippen molar-refractivity contribution in [1.82, 2.24) is 4.90 Å². The molecule has 1 amide bonds. The molecule has 0 bridgehead atoms. The molecule has 1 rings (SSSR count). The van der Waals surface area contributed by atoms with E-state index in [0.29, 0.717) is 18.3 Å². The van der Waals surface area contributed by atoms with Gasteiger partial charge >= 0.3 is 0 Å². The Morgan fingerprint density at radius 2 is 1.97 bits per heavy atom. The maximum atomic E-state index is 11.7. The predicted molar refractivity (Wildman–Crippen MR) is 130 cm³/mol. The van der Waals surface area contributed by atoms with Crippen molar-refractivity contribution in [2.45, 2.75) is 50.8 Å². The summed E-state index contributed by atoms with van der Waals surface area (Å²) in [5.74, 6) is 4.71. The Hall–Kier alpha value is -1.07. The number of carbonyl (C=O) groups excluding carboxylic acids is 1. The van der Waals surface area contributed by atoms with Crippen molar-refractivity contribution in [3.05, 3.63) is 35.9 Å². The molecule has 0 saturated heterocycles. The standard InChI is InChI=1S/C24H39NO2S2/c1-19(2)21(11-8-7-9-12-24(26)25(3)4)17-20-13-14-22(27-5)23(18-20)29-16-10-15-28-6/h7-8,13-14,18-19,21H,9-12,15-17H2,1-6H3/b8-7+. The molecule has 3 nitrogen and oxygen atoms in total. The molecule has 0 aromatic heterocycles. The number of allylic oxidation sites excluding steroid dienone is 2. The number of nitrogens with zero attached hydrogens (tertiary/aromatic N) is 1. The summed E-state index contributed by atoms with van der Waals surface area (Å²) >= 11 is 3.81. The Morgan fingerprint density at radius 3 is 2.59 bits per heavy atom. The van der Waals surface area contributed by atoms with Crippen molar-refractivity contribution in [1.29, 1.82) is 0 Å². The first-order valence-corrected chi connectivity index (χ1v) is 12.9. The van der Waals surface area contributed by atoms with Crippen molar-refractivity contribution in [3.63, 3.8) is 0 Å². The summed E-state index contributed by atoms with van der Waals surface area (Å²) in [6, 6.07) is 6.64. The van der Waals surface area contributed by atoms with Gasteiger partial charge in [0.2, 0.25) is 5.91 Å². The van der Waals surface area contributed by atoms with Gasteiger partial charge in [-0.05, 0) is 73.0 Å². The van der Waals surface area contributed by atoms with E-state index in [0.717, 1.165) is 30.8 Å². The molecule has 1 aromatic rings. The Morgan fingerprint density at radius 1 is 1.21 bits per heavy atom. The highest BCUT2D eigenvalue weighted by atomic mass is 32.2. The smallest absolute Gasteiger partial charge is 0.222 e. The Balaban J connectivity index is 2.66. The van der Waals surface area contributed by atoms with Gasteiger partial charge in [-0.2, -0.15) is 11.8 Å². The maximum Gasteiger partial charge on any atom is 0.222 e. The fourth-order valence-electron chi connectivity index (χ4n) is 3.06. The molecule has 164 valence electrons. The van der Waals surface area contributed by atoms with Crippen LogP contribution in [0.3, 0.4) is 0 Å². The van der Waals surface area contributed by atoms with Crippen LogP contribution in [0.25, 0.3) is 0 Å². The van der Waals surface area contributed by atoms with Gasteiger partial charge in [0.05, 0.1) is 7.11 Å². The molecule has 0 heterocycles. The first kappa shape index (κ1) is 26.0. The molecule has 0 fully saturated rings. The molecule has 0 aliphatic carbocycles. The first-order chi connectivity index (χ1) is 13.9. The molecule has 1 unspecified atom stereocenters. The van der Waals surface area contributed by atoms with Gasteiger partial charge in [0.1, 0.15) is 5.75 Å². The fourth-order valence-corrected chi connectivity index (χ4v) is 4.71. The summed E-state index contributed by atoms with van der Waals surface area (Å²) in [6.45, 7) is 4.60.